The maximum absolute atomic E-state index is 10.7. The molecule has 118 valence electrons. The van der Waals surface area contributed by atoms with Crippen molar-refractivity contribution in [1.82, 2.24) is 4.90 Å². The average molecular weight is 285 g/mol. The van der Waals surface area contributed by atoms with Crippen molar-refractivity contribution in [3.8, 4) is 0 Å². The van der Waals surface area contributed by atoms with Crippen molar-refractivity contribution in [2.45, 2.75) is 70.1 Å². The van der Waals surface area contributed by atoms with Crippen LogP contribution >= 0.6 is 0 Å². The molecule has 0 bridgehead atoms. The maximum atomic E-state index is 10.7. The third-order valence-corrected chi connectivity index (χ3v) is 5.54. The smallest absolute Gasteiger partial charge is 0.0769 e. The zero-order chi connectivity index (χ0) is 14.8. The molecule has 3 atom stereocenters. The van der Waals surface area contributed by atoms with Crippen LogP contribution in [0.2, 0.25) is 0 Å². The monoisotopic (exact) mass is 285 g/mol. The maximum Gasteiger partial charge on any atom is 0.0769 e. The summed E-state index contributed by atoms with van der Waals surface area (Å²) >= 11 is 0. The molecule has 0 spiro atoms. The summed E-state index contributed by atoms with van der Waals surface area (Å²) in [6, 6.07) is 0.343. The van der Waals surface area contributed by atoms with E-state index in [1.807, 2.05) is 6.92 Å². The topological polar surface area (TPSA) is 52.9 Å². The number of β-amino-alcohol motifs (C(OH)–C–C–N with tert-alkyl or cyclic N) is 1. The van der Waals surface area contributed by atoms with Crippen molar-refractivity contribution in [1.29, 1.82) is 0 Å². The van der Waals surface area contributed by atoms with Crippen molar-refractivity contribution in [3.63, 3.8) is 0 Å². The number of ether oxygens (including phenoxy) is 1. The number of likely N-dealkylation sites (tertiary alicyclic amines) is 1. The lowest BCUT2D eigenvalue weighted by molar-refractivity contribution is -0.128. The van der Waals surface area contributed by atoms with Crippen LogP contribution in [0.4, 0.5) is 0 Å². The molecule has 2 N–H and O–H groups in total. The zero-order valence-electron chi connectivity index (χ0n) is 13.3. The van der Waals surface area contributed by atoms with Gasteiger partial charge in [-0.05, 0) is 45.6 Å². The van der Waals surface area contributed by atoms with Gasteiger partial charge in [0, 0.05) is 25.1 Å². The summed E-state index contributed by atoms with van der Waals surface area (Å²) in [6.45, 7) is 9.09. The van der Waals surface area contributed by atoms with Gasteiger partial charge < -0.3 is 14.9 Å². The van der Waals surface area contributed by atoms with Crippen molar-refractivity contribution in [2.75, 3.05) is 26.3 Å². The highest BCUT2D eigenvalue weighted by molar-refractivity contribution is 4.97. The van der Waals surface area contributed by atoms with Crippen LogP contribution < -0.4 is 0 Å². The predicted octanol–water partition coefficient (Wildman–Crippen LogP) is 1.79. The van der Waals surface area contributed by atoms with Crippen LogP contribution in [0.15, 0.2) is 0 Å². The lowest BCUT2D eigenvalue weighted by Gasteiger charge is -2.44. The first-order chi connectivity index (χ1) is 9.42. The molecule has 0 saturated carbocycles. The SMILES string of the molecule is CCC(O)(CC)CN1CCCC1C1COCCC1(C)O. The molecule has 0 amide bonds. The van der Waals surface area contributed by atoms with E-state index in [9.17, 15) is 10.2 Å². The van der Waals surface area contributed by atoms with Crippen molar-refractivity contribution in [3.05, 3.63) is 0 Å². The van der Waals surface area contributed by atoms with E-state index in [0.29, 0.717) is 25.7 Å². The summed E-state index contributed by atoms with van der Waals surface area (Å²) < 4.78 is 5.61. The van der Waals surface area contributed by atoms with Crippen molar-refractivity contribution < 1.29 is 14.9 Å². The fraction of sp³-hybridized carbons (Fsp3) is 1.00. The standard InChI is InChI=1S/C16H31NO3/c1-4-16(19,5-2)12-17-9-6-7-14(17)13-11-20-10-8-15(13,3)18/h13-14,18-19H,4-12H2,1-3H3. The molecule has 20 heavy (non-hydrogen) atoms. The number of hydrogen-bond acceptors (Lipinski definition) is 4. The number of rotatable bonds is 5. The second-order valence-electron chi connectivity index (χ2n) is 6.90. The largest absolute Gasteiger partial charge is 0.390 e. The third-order valence-electron chi connectivity index (χ3n) is 5.54. The van der Waals surface area contributed by atoms with Gasteiger partial charge in [-0.15, -0.1) is 0 Å². The predicted molar refractivity (Wildman–Crippen MR) is 79.7 cm³/mol. The minimum Gasteiger partial charge on any atom is -0.390 e. The van der Waals surface area contributed by atoms with Crippen LogP contribution in [0.5, 0.6) is 0 Å². The first-order valence-corrected chi connectivity index (χ1v) is 8.18. The van der Waals surface area contributed by atoms with Crippen molar-refractivity contribution in [2.24, 2.45) is 5.92 Å². The van der Waals surface area contributed by atoms with E-state index >= 15 is 0 Å². The Labute approximate surface area is 123 Å². The Balaban J connectivity index is 2.07. The van der Waals surface area contributed by atoms with E-state index in [-0.39, 0.29) is 5.92 Å². The highest BCUT2D eigenvalue weighted by atomic mass is 16.5. The molecule has 3 unspecified atom stereocenters. The Morgan fingerprint density at radius 2 is 2.05 bits per heavy atom. The van der Waals surface area contributed by atoms with Gasteiger partial charge in [-0.1, -0.05) is 13.8 Å². The van der Waals surface area contributed by atoms with E-state index in [1.54, 1.807) is 0 Å². The summed E-state index contributed by atoms with van der Waals surface area (Å²) in [5.41, 5.74) is -1.23. The quantitative estimate of drug-likeness (QED) is 0.808. The molecule has 2 aliphatic rings. The van der Waals surface area contributed by atoms with Crippen LogP contribution in [0.3, 0.4) is 0 Å². The molecule has 0 aromatic carbocycles. The lowest BCUT2D eigenvalue weighted by Crippen LogP contribution is -2.55. The van der Waals surface area contributed by atoms with Crippen LogP contribution in [-0.2, 0) is 4.74 Å². The Morgan fingerprint density at radius 3 is 2.65 bits per heavy atom. The van der Waals surface area contributed by atoms with Gasteiger partial charge in [-0.25, -0.2) is 0 Å². The number of hydrogen-bond donors (Lipinski definition) is 2. The van der Waals surface area contributed by atoms with Gasteiger partial charge in [-0.3, -0.25) is 4.90 Å². The van der Waals surface area contributed by atoms with E-state index in [0.717, 1.165) is 38.8 Å². The number of aliphatic hydroxyl groups is 2. The fourth-order valence-electron chi connectivity index (χ4n) is 3.74. The first-order valence-electron chi connectivity index (χ1n) is 8.18. The van der Waals surface area contributed by atoms with Crippen LogP contribution in [0, 0.1) is 5.92 Å². The van der Waals surface area contributed by atoms with Crippen molar-refractivity contribution >= 4 is 0 Å². The normalized spacial score (nSPS) is 36.5. The molecule has 2 aliphatic heterocycles. The highest BCUT2D eigenvalue weighted by Crippen LogP contribution is 2.36. The van der Waals surface area contributed by atoms with Gasteiger partial charge in [-0.2, -0.15) is 0 Å². The summed E-state index contributed by atoms with van der Waals surface area (Å²) in [6.07, 6.45) is 4.54. The Hall–Kier alpha value is -0.160. The van der Waals surface area contributed by atoms with Gasteiger partial charge in [0.05, 0.1) is 17.8 Å². The molecule has 2 rings (SSSR count). The van der Waals surface area contributed by atoms with Gasteiger partial charge in [0.1, 0.15) is 0 Å². The Bertz CT molecular complexity index is 315. The molecule has 4 nitrogen and oxygen atoms in total. The molecule has 2 heterocycles. The second kappa shape index (κ2) is 6.30. The molecule has 2 fully saturated rings. The minimum atomic E-state index is -0.637. The summed E-state index contributed by atoms with van der Waals surface area (Å²) in [5.74, 6) is 0.164. The van der Waals surface area contributed by atoms with Gasteiger partial charge in [0.2, 0.25) is 0 Å². The average Bonchev–Trinajstić information content (AvgIpc) is 2.85. The third kappa shape index (κ3) is 3.35. The van der Waals surface area contributed by atoms with E-state index in [1.165, 1.54) is 0 Å². The molecular weight excluding hydrogens is 254 g/mol. The molecule has 0 aromatic heterocycles. The van der Waals surface area contributed by atoms with Crippen LogP contribution in [0.25, 0.3) is 0 Å². The fourth-order valence-corrected chi connectivity index (χ4v) is 3.74. The molecule has 0 aromatic rings. The molecular formula is C16H31NO3. The minimum absolute atomic E-state index is 0.164. The van der Waals surface area contributed by atoms with E-state index in [2.05, 4.69) is 18.7 Å². The van der Waals surface area contributed by atoms with Gasteiger partial charge in [0.15, 0.2) is 0 Å². The summed E-state index contributed by atoms with van der Waals surface area (Å²) in [5, 5.41) is 21.3. The van der Waals surface area contributed by atoms with Gasteiger partial charge in [0.25, 0.3) is 0 Å². The summed E-state index contributed by atoms with van der Waals surface area (Å²) in [4.78, 5) is 2.39. The van der Waals surface area contributed by atoms with Gasteiger partial charge >= 0.3 is 0 Å². The zero-order valence-corrected chi connectivity index (χ0v) is 13.3. The highest BCUT2D eigenvalue weighted by Gasteiger charge is 2.45. The molecule has 0 aliphatic carbocycles. The van der Waals surface area contributed by atoms with E-state index < -0.39 is 11.2 Å². The molecule has 2 saturated heterocycles. The Kier molecular flexibility index (Phi) is 5.11. The first kappa shape index (κ1) is 16.2. The summed E-state index contributed by atoms with van der Waals surface area (Å²) in [7, 11) is 0. The van der Waals surface area contributed by atoms with Crippen LogP contribution in [0.1, 0.15) is 52.9 Å². The second-order valence-corrected chi connectivity index (χ2v) is 6.90. The molecule has 4 heteroatoms. The van der Waals surface area contributed by atoms with Crippen LogP contribution in [-0.4, -0.2) is 58.7 Å². The lowest BCUT2D eigenvalue weighted by atomic mass is 9.79. The Morgan fingerprint density at radius 1 is 1.35 bits per heavy atom. The van der Waals surface area contributed by atoms with E-state index in [4.69, 9.17) is 4.74 Å². The number of nitrogens with zero attached hydrogens (tertiary/aromatic N) is 1. The molecule has 0 radical (unpaired) electrons.